The van der Waals surface area contributed by atoms with Gasteiger partial charge in [-0.15, -0.1) is 11.6 Å². The Kier molecular flexibility index (Phi) is 5.25. The highest BCUT2D eigenvalue weighted by Gasteiger charge is 2.11. The van der Waals surface area contributed by atoms with E-state index in [1.54, 1.807) is 19.1 Å². The topological polar surface area (TPSA) is 67.4 Å². The monoisotopic (exact) mass is 290 g/mol. The summed E-state index contributed by atoms with van der Waals surface area (Å²) in [7, 11) is 1.45. The third-order valence-electron chi connectivity index (χ3n) is 2.10. The van der Waals surface area contributed by atoms with Gasteiger partial charge in [0.1, 0.15) is 11.6 Å². The molecule has 0 fully saturated rings. The van der Waals surface area contributed by atoms with E-state index in [1.807, 2.05) is 0 Å². The van der Waals surface area contributed by atoms with E-state index in [0.717, 1.165) is 5.56 Å². The molecule has 3 amide bonds. The van der Waals surface area contributed by atoms with Gasteiger partial charge in [0.2, 0.25) is 5.91 Å². The highest BCUT2D eigenvalue weighted by atomic mass is 35.5. The lowest BCUT2D eigenvalue weighted by atomic mass is 10.2. The molecule has 0 aliphatic heterocycles. The maximum absolute atomic E-state index is 11.5. The van der Waals surface area contributed by atoms with Crippen molar-refractivity contribution in [3.63, 3.8) is 0 Å². The number of aryl methyl sites for hydroxylation is 1. The average Bonchev–Trinajstić information content (AvgIpc) is 2.33. The van der Waals surface area contributed by atoms with Crippen molar-refractivity contribution in [2.45, 2.75) is 6.92 Å². The van der Waals surface area contributed by atoms with Crippen LogP contribution in [0, 0.1) is 6.92 Å². The number of imide groups is 1. The molecule has 98 valence electrons. The van der Waals surface area contributed by atoms with Crippen LogP contribution in [0.5, 0.6) is 5.75 Å². The molecular weight excluding hydrogens is 279 g/mol. The largest absolute Gasteiger partial charge is 0.495 e. The molecule has 0 atom stereocenters. The van der Waals surface area contributed by atoms with Crippen LogP contribution in [-0.2, 0) is 4.79 Å². The van der Waals surface area contributed by atoms with Crippen molar-refractivity contribution in [1.29, 1.82) is 0 Å². The van der Waals surface area contributed by atoms with Gasteiger partial charge in [-0.3, -0.25) is 10.1 Å². The lowest BCUT2D eigenvalue weighted by Gasteiger charge is -2.12. The molecule has 5 nitrogen and oxygen atoms in total. The van der Waals surface area contributed by atoms with Crippen molar-refractivity contribution in [2.75, 3.05) is 18.3 Å². The molecule has 0 saturated carbocycles. The van der Waals surface area contributed by atoms with E-state index in [1.165, 1.54) is 7.11 Å². The van der Waals surface area contributed by atoms with Crippen LogP contribution >= 0.6 is 23.2 Å². The molecule has 1 aromatic carbocycles. The molecule has 18 heavy (non-hydrogen) atoms. The number of hydrogen-bond donors (Lipinski definition) is 2. The van der Waals surface area contributed by atoms with E-state index in [0.29, 0.717) is 16.5 Å². The van der Waals surface area contributed by atoms with Crippen LogP contribution in [0.2, 0.25) is 5.02 Å². The number of ether oxygens (including phenoxy) is 1. The molecule has 0 aliphatic carbocycles. The number of amides is 3. The Morgan fingerprint density at radius 2 is 2.06 bits per heavy atom. The number of anilines is 1. The van der Waals surface area contributed by atoms with Gasteiger partial charge in [-0.25, -0.2) is 4.79 Å². The van der Waals surface area contributed by atoms with Crippen LogP contribution in [0.1, 0.15) is 5.56 Å². The van der Waals surface area contributed by atoms with Crippen molar-refractivity contribution in [3.8, 4) is 5.75 Å². The van der Waals surface area contributed by atoms with Crippen molar-refractivity contribution < 1.29 is 14.3 Å². The molecule has 0 radical (unpaired) electrons. The van der Waals surface area contributed by atoms with Crippen LogP contribution in [0.25, 0.3) is 0 Å². The number of alkyl halides is 1. The van der Waals surface area contributed by atoms with E-state index in [9.17, 15) is 9.59 Å². The molecule has 0 saturated heterocycles. The van der Waals surface area contributed by atoms with Gasteiger partial charge in [-0.05, 0) is 18.6 Å². The fourth-order valence-corrected chi connectivity index (χ4v) is 1.46. The van der Waals surface area contributed by atoms with Crippen LogP contribution in [0.15, 0.2) is 12.1 Å². The SMILES string of the molecule is COc1cc(Cl)c(C)cc1NC(=O)NC(=O)CCl. The summed E-state index contributed by atoms with van der Waals surface area (Å²) < 4.78 is 5.08. The third kappa shape index (κ3) is 3.78. The second-order valence-corrected chi connectivity index (χ2v) is 4.11. The number of methoxy groups -OCH3 is 1. The Morgan fingerprint density at radius 1 is 1.39 bits per heavy atom. The number of carbonyl (C=O) groups excluding carboxylic acids is 2. The second kappa shape index (κ2) is 6.47. The third-order valence-corrected chi connectivity index (χ3v) is 2.75. The smallest absolute Gasteiger partial charge is 0.326 e. The van der Waals surface area contributed by atoms with E-state index < -0.39 is 11.9 Å². The Balaban J connectivity index is 2.86. The number of carbonyl (C=O) groups is 2. The highest BCUT2D eigenvalue weighted by molar-refractivity contribution is 6.31. The molecule has 0 aliphatic rings. The summed E-state index contributed by atoms with van der Waals surface area (Å²) in [4.78, 5) is 22.4. The van der Waals surface area contributed by atoms with Crippen LogP contribution in [0.4, 0.5) is 10.5 Å². The lowest BCUT2D eigenvalue weighted by molar-refractivity contribution is -0.117. The zero-order valence-corrected chi connectivity index (χ0v) is 11.4. The molecule has 0 aromatic heterocycles. The number of benzene rings is 1. The summed E-state index contributed by atoms with van der Waals surface area (Å²) in [6, 6.07) is 2.54. The zero-order chi connectivity index (χ0) is 13.7. The summed E-state index contributed by atoms with van der Waals surface area (Å²) in [6.07, 6.45) is 0. The second-order valence-electron chi connectivity index (χ2n) is 3.44. The minimum absolute atomic E-state index is 0.287. The number of urea groups is 1. The predicted octanol–water partition coefficient (Wildman–Crippen LogP) is 2.54. The van der Waals surface area contributed by atoms with Gasteiger partial charge < -0.3 is 10.1 Å². The summed E-state index contributed by atoms with van der Waals surface area (Å²) in [5.41, 5.74) is 1.19. The number of hydrogen-bond acceptors (Lipinski definition) is 3. The standard InChI is InChI=1S/C11H12Cl2N2O3/c1-6-3-8(9(18-2)4-7(6)13)14-11(17)15-10(16)5-12/h3-4H,5H2,1-2H3,(H2,14,15,16,17). The van der Waals surface area contributed by atoms with E-state index in [2.05, 4.69) is 10.6 Å². The Bertz CT molecular complexity index is 478. The fourth-order valence-electron chi connectivity index (χ4n) is 1.24. The van der Waals surface area contributed by atoms with Crippen molar-refractivity contribution in [1.82, 2.24) is 5.32 Å². The van der Waals surface area contributed by atoms with Crippen LogP contribution in [-0.4, -0.2) is 24.9 Å². The molecule has 0 bridgehead atoms. The predicted molar refractivity (Wildman–Crippen MR) is 70.6 cm³/mol. The number of rotatable bonds is 3. The summed E-state index contributed by atoms with van der Waals surface area (Å²) in [5, 5.41) is 5.06. The first-order valence-corrected chi connectivity index (χ1v) is 5.90. The Labute approximate surface area is 114 Å². The molecule has 1 aromatic rings. The minimum atomic E-state index is -0.680. The highest BCUT2D eigenvalue weighted by Crippen LogP contribution is 2.30. The van der Waals surface area contributed by atoms with Gasteiger partial charge >= 0.3 is 6.03 Å². The van der Waals surface area contributed by atoms with Gasteiger partial charge in [0.05, 0.1) is 12.8 Å². The van der Waals surface area contributed by atoms with Gasteiger partial charge in [-0.2, -0.15) is 0 Å². The van der Waals surface area contributed by atoms with Gasteiger partial charge in [0.15, 0.2) is 0 Å². The van der Waals surface area contributed by atoms with E-state index >= 15 is 0 Å². The van der Waals surface area contributed by atoms with Crippen LogP contribution in [0.3, 0.4) is 0 Å². The van der Waals surface area contributed by atoms with Gasteiger partial charge in [0, 0.05) is 11.1 Å². The molecule has 7 heteroatoms. The molecule has 0 heterocycles. The summed E-state index contributed by atoms with van der Waals surface area (Å²) >= 11 is 11.2. The maximum atomic E-state index is 11.5. The van der Waals surface area contributed by atoms with Gasteiger partial charge in [-0.1, -0.05) is 11.6 Å². The zero-order valence-electron chi connectivity index (χ0n) is 9.84. The molecule has 1 rings (SSSR count). The number of nitrogens with one attached hydrogen (secondary N) is 2. The summed E-state index contributed by atoms with van der Waals surface area (Å²) in [5.74, 6) is -0.470. The quantitative estimate of drug-likeness (QED) is 0.841. The maximum Gasteiger partial charge on any atom is 0.326 e. The number of halogens is 2. The van der Waals surface area contributed by atoms with Gasteiger partial charge in [0.25, 0.3) is 0 Å². The average molecular weight is 291 g/mol. The molecule has 0 unspecified atom stereocenters. The Morgan fingerprint density at radius 3 is 2.61 bits per heavy atom. The minimum Gasteiger partial charge on any atom is -0.495 e. The van der Waals surface area contributed by atoms with E-state index in [4.69, 9.17) is 27.9 Å². The van der Waals surface area contributed by atoms with E-state index in [-0.39, 0.29) is 5.88 Å². The fraction of sp³-hybridized carbons (Fsp3) is 0.273. The first-order chi connectivity index (χ1) is 8.47. The normalized spacial score (nSPS) is 9.78. The first kappa shape index (κ1) is 14.6. The van der Waals surface area contributed by atoms with Crippen LogP contribution < -0.4 is 15.4 Å². The van der Waals surface area contributed by atoms with Crippen molar-refractivity contribution in [2.24, 2.45) is 0 Å². The Hall–Kier alpha value is -1.46. The molecule has 0 spiro atoms. The van der Waals surface area contributed by atoms with Crippen molar-refractivity contribution >= 4 is 40.8 Å². The first-order valence-electron chi connectivity index (χ1n) is 4.99. The molecule has 2 N–H and O–H groups in total. The lowest BCUT2D eigenvalue weighted by Crippen LogP contribution is -2.35. The molecular formula is C11H12Cl2N2O3. The van der Waals surface area contributed by atoms with Crippen molar-refractivity contribution in [3.05, 3.63) is 22.7 Å². The summed E-state index contributed by atoms with van der Waals surface area (Å²) in [6.45, 7) is 1.79.